The summed E-state index contributed by atoms with van der Waals surface area (Å²) < 4.78 is 20.3. The molecule has 1 saturated heterocycles. The van der Waals surface area contributed by atoms with Gasteiger partial charge in [-0.15, -0.1) is 0 Å². The lowest BCUT2D eigenvalue weighted by Gasteiger charge is -2.36. The summed E-state index contributed by atoms with van der Waals surface area (Å²) in [6.07, 6.45) is 6.12. The van der Waals surface area contributed by atoms with Gasteiger partial charge in [-0.1, -0.05) is 57.7 Å². The molecule has 1 aliphatic heterocycles. The molecule has 13 heteroatoms. The standard InChI is InChI=1S/C32H46FN7O5/c1-5-24-29(38-45-37-24)31(43)36-28(21-11-9-7-8-10-12-21)30(42)34-25-14-13-22(19-23(25)33)20(3)27(35-26(41)6-2)32(44)40-17-15-39(4)16-18-40/h13-14,19-21,27-28H,5-12,15-18H2,1-4H3,(H,34,42)(H,35,41)(H,36,43). The van der Waals surface area contributed by atoms with Crippen molar-refractivity contribution in [3.8, 4) is 0 Å². The molecule has 12 nitrogen and oxygen atoms in total. The fourth-order valence-corrected chi connectivity index (χ4v) is 6.08. The molecule has 2 heterocycles. The molecule has 2 aromatic rings. The van der Waals surface area contributed by atoms with E-state index >= 15 is 4.39 Å². The Labute approximate surface area is 263 Å². The summed E-state index contributed by atoms with van der Waals surface area (Å²) in [5.74, 6) is -2.90. The summed E-state index contributed by atoms with van der Waals surface area (Å²) in [5.41, 5.74) is 0.890. The molecule has 2 fully saturated rings. The highest BCUT2D eigenvalue weighted by molar-refractivity contribution is 6.01. The second-order valence-corrected chi connectivity index (χ2v) is 12.2. The summed E-state index contributed by atoms with van der Waals surface area (Å²) in [5, 5.41) is 15.8. The van der Waals surface area contributed by atoms with Crippen molar-refractivity contribution in [1.29, 1.82) is 0 Å². The van der Waals surface area contributed by atoms with Crippen LogP contribution in [0.3, 0.4) is 0 Å². The molecule has 246 valence electrons. The first kappa shape index (κ1) is 34.0. The molecule has 2 aliphatic rings. The molecule has 1 aromatic heterocycles. The van der Waals surface area contributed by atoms with Crippen LogP contribution < -0.4 is 16.0 Å². The van der Waals surface area contributed by atoms with Crippen LogP contribution in [0.25, 0.3) is 0 Å². The number of amides is 4. The van der Waals surface area contributed by atoms with Crippen LogP contribution in [0.5, 0.6) is 0 Å². The van der Waals surface area contributed by atoms with Gasteiger partial charge >= 0.3 is 0 Å². The Morgan fingerprint density at radius 3 is 2.31 bits per heavy atom. The Balaban J connectivity index is 1.52. The minimum Gasteiger partial charge on any atom is -0.344 e. The molecular weight excluding hydrogens is 581 g/mol. The van der Waals surface area contributed by atoms with E-state index in [1.165, 1.54) is 12.1 Å². The number of hydrogen-bond donors (Lipinski definition) is 3. The Kier molecular flexibility index (Phi) is 12.0. The highest BCUT2D eigenvalue weighted by Gasteiger charge is 2.35. The topological polar surface area (TPSA) is 150 Å². The number of nitrogens with zero attached hydrogens (tertiary/aromatic N) is 4. The first-order chi connectivity index (χ1) is 21.6. The Morgan fingerprint density at radius 1 is 1.00 bits per heavy atom. The van der Waals surface area contributed by atoms with Crippen LogP contribution in [0.15, 0.2) is 22.8 Å². The smallest absolute Gasteiger partial charge is 0.276 e. The number of aryl methyl sites for hydroxylation is 1. The van der Waals surface area contributed by atoms with Crippen molar-refractivity contribution in [1.82, 2.24) is 30.7 Å². The number of carbonyl (C=O) groups is 4. The number of benzene rings is 1. The Hall–Kier alpha value is -3.87. The molecule has 3 atom stereocenters. The second-order valence-electron chi connectivity index (χ2n) is 12.2. The van der Waals surface area contributed by atoms with Crippen molar-refractivity contribution in [2.45, 2.75) is 90.1 Å². The third-order valence-electron chi connectivity index (χ3n) is 9.04. The molecule has 0 bridgehead atoms. The number of anilines is 1. The third-order valence-corrected chi connectivity index (χ3v) is 9.04. The number of likely N-dealkylation sites (N-methyl/N-ethyl adjacent to an activating group) is 1. The molecular formula is C32H46FN7O5. The molecule has 4 rings (SSSR count). The first-order valence-corrected chi connectivity index (χ1v) is 16.1. The Bertz CT molecular complexity index is 1330. The summed E-state index contributed by atoms with van der Waals surface area (Å²) >= 11 is 0. The Morgan fingerprint density at radius 2 is 1.69 bits per heavy atom. The highest BCUT2D eigenvalue weighted by atomic mass is 19.1. The maximum atomic E-state index is 15.6. The SMILES string of the molecule is CCC(=O)NC(C(=O)N1CCN(C)CC1)C(C)c1ccc(NC(=O)C(NC(=O)c2nonc2CC)C2CCCCCC2)c(F)c1. The van der Waals surface area contributed by atoms with Gasteiger partial charge in [-0.2, -0.15) is 0 Å². The fraction of sp³-hybridized carbons (Fsp3) is 0.625. The van der Waals surface area contributed by atoms with Gasteiger partial charge in [0.05, 0.1) is 5.69 Å². The molecule has 3 unspecified atom stereocenters. The summed E-state index contributed by atoms with van der Waals surface area (Å²) in [7, 11) is 1.99. The molecule has 4 amide bonds. The zero-order chi connectivity index (χ0) is 32.5. The summed E-state index contributed by atoms with van der Waals surface area (Å²) in [6.45, 7) is 7.87. The van der Waals surface area contributed by atoms with E-state index in [-0.39, 0.29) is 35.5 Å². The quantitative estimate of drug-likeness (QED) is 0.322. The van der Waals surface area contributed by atoms with Gasteiger partial charge in [-0.05, 0) is 55.1 Å². The summed E-state index contributed by atoms with van der Waals surface area (Å²) in [4.78, 5) is 56.6. The zero-order valence-corrected chi connectivity index (χ0v) is 26.7. The maximum Gasteiger partial charge on any atom is 0.276 e. The van der Waals surface area contributed by atoms with Crippen LogP contribution in [-0.4, -0.2) is 89.1 Å². The number of piperazine rings is 1. The monoisotopic (exact) mass is 627 g/mol. The van der Waals surface area contributed by atoms with Crippen LogP contribution in [-0.2, 0) is 20.8 Å². The van der Waals surface area contributed by atoms with Gasteiger partial charge in [0.1, 0.15) is 23.6 Å². The van der Waals surface area contributed by atoms with Crippen LogP contribution in [0.4, 0.5) is 10.1 Å². The number of aromatic nitrogens is 2. The third kappa shape index (κ3) is 8.65. The molecule has 0 radical (unpaired) electrons. The van der Waals surface area contributed by atoms with Crippen molar-refractivity contribution in [2.24, 2.45) is 5.92 Å². The van der Waals surface area contributed by atoms with Crippen molar-refractivity contribution in [3.63, 3.8) is 0 Å². The van der Waals surface area contributed by atoms with E-state index in [2.05, 4.69) is 31.2 Å². The van der Waals surface area contributed by atoms with E-state index in [1.54, 1.807) is 24.8 Å². The molecule has 0 spiro atoms. The molecule has 45 heavy (non-hydrogen) atoms. The van der Waals surface area contributed by atoms with Crippen molar-refractivity contribution >= 4 is 29.3 Å². The number of carbonyl (C=O) groups excluding carboxylic acids is 4. The van der Waals surface area contributed by atoms with Crippen LogP contribution >= 0.6 is 0 Å². The van der Waals surface area contributed by atoms with E-state index in [1.807, 2.05) is 14.0 Å². The van der Waals surface area contributed by atoms with Gasteiger partial charge in [0.2, 0.25) is 17.7 Å². The number of rotatable bonds is 11. The molecule has 1 aliphatic carbocycles. The molecule has 3 N–H and O–H groups in total. The van der Waals surface area contributed by atoms with Gasteiger partial charge in [0.25, 0.3) is 5.91 Å². The highest BCUT2D eigenvalue weighted by Crippen LogP contribution is 2.29. The minimum absolute atomic E-state index is 0.0317. The summed E-state index contributed by atoms with van der Waals surface area (Å²) in [6, 6.07) is 2.62. The number of halogens is 1. The van der Waals surface area contributed by atoms with Crippen molar-refractivity contribution in [2.75, 3.05) is 38.5 Å². The average molecular weight is 628 g/mol. The van der Waals surface area contributed by atoms with Crippen LogP contribution in [0, 0.1) is 11.7 Å². The lowest BCUT2D eigenvalue weighted by molar-refractivity contribution is -0.138. The van der Waals surface area contributed by atoms with Gasteiger partial charge in [-0.3, -0.25) is 19.2 Å². The van der Waals surface area contributed by atoms with Gasteiger partial charge in [0.15, 0.2) is 5.69 Å². The van der Waals surface area contributed by atoms with E-state index in [0.717, 1.165) is 51.6 Å². The number of nitrogens with one attached hydrogen (secondary N) is 3. The van der Waals surface area contributed by atoms with Crippen molar-refractivity contribution in [3.05, 3.63) is 41.0 Å². The minimum atomic E-state index is -0.912. The van der Waals surface area contributed by atoms with Gasteiger partial charge < -0.3 is 25.8 Å². The average Bonchev–Trinajstić information content (AvgIpc) is 3.37. The van der Waals surface area contributed by atoms with E-state index in [4.69, 9.17) is 4.63 Å². The normalized spacial score (nSPS) is 18.4. The second kappa shape index (κ2) is 15.9. The fourth-order valence-electron chi connectivity index (χ4n) is 6.08. The van der Waals surface area contributed by atoms with E-state index in [9.17, 15) is 19.2 Å². The van der Waals surface area contributed by atoms with E-state index < -0.39 is 35.6 Å². The zero-order valence-electron chi connectivity index (χ0n) is 26.7. The van der Waals surface area contributed by atoms with Crippen molar-refractivity contribution < 1.29 is 28.2 Å². The molecule has 1 aromatic carbocycles. The first-order valence-electron chi connectivity index (χ1n) is 16.1. The predicted octanol–water partition coefficient (Wildman–Crippen LogP) is 3.25. The van der Waals surface area contributed by atoms with E-state index in [0.29, 0.717) is 30.8 Å². The van der Waals surface area contributed by atoms with Crippen LogP contribution in [0.1, 0.15) is 93.4 Å². The van der Waals surface area contributed by atoms with Gasteiger partial charge in [-0.25, -0.2) is 9.02 Å². The van der Waals surface area contributed by atoms with Gasteiger partial charge in [0, 0.05) is 38.5 Å². The predicted molar refractivity (Wildman–Crippen MR) is 166 cm³/mol. The largest absolute Gasteiger partial charge is 0.344 e. The lowest BCUT2D eigenvalue weighted by Crippen LogP contribution is -2.55. The van der Waals surface area contributed by atoms with Crippen LogP contribution in [0.2, 0.25) is 0 Å². The molecule has 1 saturated carbocycles. The maximum absolute atomic E-state index is 15.6. The lowest BCUT2D eigenvalue weighted by atomic mass is 9.90. The number of hydrogen-bond acceptors (Lipinski definition) is 8.